The summed E-state index contributed by atoms with van der Waals surface area (Å²) in [7, 11) is -0.529. The molecule has 0 fully saturated rings. The predicted octanol–water partition coefficient (Wildman–Crippen LogP) is 0.742. The van der Waals surface area contributed by atoms with Gasteiger partial charge in [-0.05, 0) is 12.1 Å². The maximum Gasteiger partial charge on any atom is 0.275 e. The Morgan fingerprint density at radius 1 is 1.33 bits per heavy atom. The van der Waals surface area contributed by atoms with Gasteiger partial charge in [-0.3, -0.25) is 4.90 Å². The van der Waals surface area contributed by atoms with Gasteiger partial charge in [0.15, 0.2) is 0 Å². The molecule has 1 aliphatic heterocycles. The first kappa shape index (κ1) is 14.3. The molecule has 0 saturated heterocycles. The van der Waals surface area contributed by atoms with E-state index in [1.54, 1.807) is 12.3 Å². The summed E-state index contributed by atoms with van der Waals surface area (Å²) in [5, 5.41) is -0.0130. The number of nitrogens with zero attached hydrogens (tertiary/aromatic N) is 4. The first-order valence-corrected chi connectivity index (χ1v) is 8.14. The van der Waals surface area contributed by atoms with E-state index in [4.69, 9.17) is 4.42 Å². The average molecular weight is 310 g/mol. The zero-order valence-corrected chi connectivity index (χ0v) is 12.9. The highest BCUT2D eigenvalue weighted by Crippen LogP contribution is 2.20. The Balaban J connectivity index is 1.71. The SMILES string of the molecule is CN(C)S(=O)(=O)c1ccc(CN2CCn3ccnc3C2)o1. The highest BCUT2D eigenvalue weighted by atomic mass is 32.2. The van der Waals surface area contributed by atoms with Crippen molar-refractivity contribution in [2.45, 2.75) is 24.7 Å². The standard InChI is InChI=1S/C13H18N4O3S/c1-15(2)21(18,19)13-4-3-11(20-13)9-16-7-8-17-6-5-14-12(17)10-16/h3-6H,7-10H2,1-2H3. The summed E-state index contributed by atoms with van der Waals surface area (Å²) in [4.78, 5) is 6.49. The van der Waals surface area contributed by atoms with E-state index >= 15 is 0 Å². The third-order valence-electron chi connectivity index (χ3n) is 3.58. The number of sulfonamides is 1. The molecule has 0 amide bonds. The van der Waals surface area contributed by atoms with Gasteiger partial charge in [0.25, 0.3) is 10.0 Å². The van der Waals surface area contributed by atoms with Gasteiger partial charge >= 0.3 is 0 Å². The monoisotopic (exact) mass is 310 g/mol. The third-order valence-corrected chi connectivity index (χ3v) is 5.26. The molecule has 1 aliphatic rings. The first-order valence-electron chi connectivity index (χ1n) is 6.70. The number of furan rings is 1. The fourth-order valence-electron chi connectivity index (χ4n) is 2.34. The Bertz CT molecular complexity index is 732. The van der Waals surface area contributed by atoms with Crippen molar-refractivity contribution in [3.05, 3.63) is 36.1 Å². The van der Waals surface area contributed by atoms with E-state index in [1.807, 2.05) is 6.20 Å². The van der Waals surface area contributed by atoms with E-state index in [9.17, 15) is 8.42 Å². The van der Waals surface area contributed by atoms with Crippen LogP contribution >= 0.6 is 0 Å². The van der Waals surface area contributed by atoms with Crippen LogP contribution in [-0.2, 0) is 29.7 Å². The quantitative estimate of drug-likeness (QED) is 0.833. The van der Waals surface area contributed by atoms with Gasteiger partial charge in [-0.15, -0.1) is 0 Å². The topological polar surface area (TPSA) is 71.6 Å². The molecular formula is C13H18N4O3S. The molecule has 0 unspecified atom stereocenters. The first-order chi connectivity index (χ1) is 9.96. The second-order valence-electron chi connectivity index (χ2n) is 5.26. The third kappa shape index (κ3) is 2.74. The normalized spacial score (nSPS) is 16.3. The van der Waals surface area contributed by atoms with E-state index in [-0.39, 0.29) is 5.09 Å². The van der Waals surface area contributed by atoms with Gasteiger partial charge in [-0.1, -0.05) is 0 Å². The highest BCUT2D eigenvalue weighted by molar-refractivity contribution is 7.88. The predicted molar refractivity (Wildman–Crippen MR) is 75.9 cm³/mol. The van der Waals surface area contributed by atoms with Crippen LogP contribution in [0.15, 0.2) is 34.0 Å². The molecule has 0 spiro atoms. The molecule has 114 valence electrons. The van der Waals surface area contributed by atoms with Crippen molar-refractivity contribution in [2.75, 3.05) is 20.6 Å². The molecule has 0 aliphatic carbocycles. The maximum atomic E-state index is 12.0. The van der Waals surface area contributed by atoms with Crippen LogP contribution in [-0.4, -0.2) is 47.8 Å². The van der Waals surface area contributed by atoms with Gasteiger partial charge in [0.1, 0.15) is 11.6 Å². The minimum atomic E-state index is -3.50. The number of imidazole rings is 1. The maximum absolute atomic E-state index is 12.0. The fourth-order valence-corrected chi connectivity index (χ4v) is 3.15. The molecule has 0 N–H and O–H groups in total. The summed E-state index contributed by atoms with van der Waals surface area (Å²) in [6.45, 7) is 3.10. The number of aromatic nitrogens is 2. The lowest BCUT2D eigenvalue weighted by atomic mass is 10.3. The van der Waals surface area contributed by atoms with Crippen LogP contribution in [0.4, 0.5) is 0 Å². The lowest BCUT2D eigenvalue weighted by Crippen LogP contribution is -2.33. The Morgan fingerprint density at radius 3 is 2.90 bits per heavy atom. The Labute approximate surface area is 123 Å². The van der Waals surface area contributed by atoms with Crippen LogP contribution in [0.1, 0.15) is 11.6 Å². The van der Waals surface area contributed by atoms with Gasteiger partial charge < -0.3 is 8.98 Å². The molecule has 0 atom stereocenters. The molecule has 0 bridgehead atoms. The smallest absolute Gasteiger partial charge is 0.275 e. The Kier molecular flexibility index (Phi) is 3.60. The van der Waals surface area contributed by atoms with Crippen molar-refractivity contribution in [2.24, 2.45) is 0 Å². The van der Waals surface area contributed by atoms with Crippen molar-refractivity contribution in [1.82, 2.24) is 18.8 Å². The van der Waals surface area contributed by atoms with Crippen LogP contribution in [0.2, 0.25) is 0 Å². The molecule has 2 aromatic rings. The van der Waals surface area contributed by atoms with Gasteiger partial charge in [0.2, 0.25) is 5.09 Å². The van der Waals surface area contributed by atoms with Crippen molar-refractivity contribution in [1.29, 1.82) is 0 Å². The van der Waals surface area contributed by atoms with Crippen LogP contribution in [0.5, 0.6) is 0 Å². The zero-order chi connectivity index (χ0) is 15.0. The van der Waals surface area contributed by atoms with Crippen LogP contribution in [0.25, 0.3) is 0 Å². The number of fused-ring (bicyclic) bond motifs is 1. The van der Waals surface area contributed by atoms with Crippen molar-refractivity contribution < 1.29 is 12.8 Å². The molecule has 3 heterocycles. The largest absolute Gasteiger partial charge is 0.447 e. The van der Waals surface area contributed by atoms with Gasteiger partial charge in [-0.25, -0.2) is 17.7 Å². The lowest BCUT2D eigenvalue weighted by Gasteiger charge is -2.26. The molecule has 0 radical (unpaired) electrons. The van der Waals surface area contributed by atoms with E-state index in [0.717, 1.165) is 29.8 Å². The number of hydrogen-bond acceptors (Lipinski definition) is 5. The summed E-state index contributed by atoms with van der Waals surface area (Å²) in [5.41, 5.74) is 0. The van der Waals surface area contributed by atoms with Crippen LogP contribution in [0, 0.1) is 0 Å². The Morgan fingerprint density at radius 2 is 2.14 bits per heavy atom. The minimum Gasteiger partial charge on any atom is -0.447 e. The number of rotatable bonds is 4. The van der Waals surface area contributed by atoms with Crippen LogP contribution in [0.3, 0.4) is 0 Å². The molecule has 0 aromatic carbocycles. The Hall–Kier alpha value is -1.64. The van der Waals surface area contributed by atoms with Crippen LogP contribution < -0.4 is 0 Å². The number of hydrogen-bond donors (Lipinski definition) is 0. The van der Waals surface area contributed by atoms with Crippen molar-refractivity contribution >= 4 is 10.0 Å². The average Bonchev–Trinajstić information content (AvgIpc) is 3.06. The van der Waals surface area contributed by atoms with Gasteiger partial charge in [0, 0.05) is 39.6 Å². The van der Waals surface area contributed by atoms with E-state index in [0.29, 0.717) is 12.3 Å². The van der Waals surface area contributed by atoms with E-state index < -0.39 is 10.0 Å². The molecule has 7 nitrogen and oxygen atoms in total. The summed E-state index contributed by atoms with van der Waals surface area (Å²) in [6, 6.07) is 3.23. The summed E-state index contributed by atoms with van der Waals surface area (Å²) >= 11 is 0. The highest BCUT2D eigenvalue weighted by Gasteiger charge is 2.23. The fraction of sp³-hybridized carbons (Fsp3) is 0.462. The molecule has 21 heavy (non-hydrogen) atoms. The molecule has 2 aromatic heterocycles. The second-order valence-corrected chi connectivity index (χ2v) is 7.34. The summed E-state index contributed by atoms with van der Waals surface area (Å²) in [6.07, 6.45) is 3.77. The molecule has 3 rings (SSSR count). The van der Waals surface area contributed by atoms with E-state index in [2.05, 4.69) is 14.5 Å². The van der Waals surface area contributed by atoms with Gasteiger partial charge in [-0.2, -0.15) is 0 Å². The zero-order valence-electron chi connectivity index (χ0n) is 12.1. The van der Waals surface area contributed by atoms with Crippen molar-refractivity contribution in [3.8, 4) is 0 Å². The summed E-state index contributed by atoms with van der Waals surface area (Å²) < 4.78 is 32.7. The second kappa shape index (κ2) is 5.28. The lowest BCUT2D eigenvalue weighted by molar-refractivity contribution is 0.189. The van der Waals surface area contributed by atoms with E-state index in [1.165, 1.54) is 20.2 Å². The summed E-state index contributed by atoms with van der Waals surface area (Å²) in [5.74, 6) is 1.67. The molecular weight excluding hydrogens is 292 g/mol. The molecule has 8 heteroatoms. The van der Waals surface area contributed by atoms with Gasteiger partial charge in [0.05, 0.1) is 13.1 Å². The molecule has 0 saturated carbocycles. The van der Waals surface area contributed by atoms with Crippen molar-refractivity contribution in [3.63, 3.8) is 0 Å². The minimum absolute atomic E-state index is 0.0130.